The van der Waals surface area contributed by atoms with Crippen LogP contribution in [0.1, 0.15) is 15.9 Å². The summed E-state index contributed by atoms with van der Waals surface area (Å²) >= 11 is 12.0. The molecule has 2 aromatic carbocycles. The molecule has 8 heteroatoms. The highest BCUT2D eigenvalue weighted by Crippen LogP contribution is 2.36. The number of hydrogen-bond donors (Lipinski definition) is 2. The lowest BCUT2D eigenvalue weighted by molar-refractivity contribution is -0.117. The van der Waals surface area contributed by atoms with Gasteiger partial charge in [0.05, 0.1) is 29.8 Å². The molecule has 0 fully saturated rings. The average Bonchev–Trinajstić information content (AvgIpc) is 2.64. The molecule has 0 aromatic heterocycles. The van der Waals surface area contributed by atoms with E-state index in [1.165, 1.54) is 26.4 Å². The van der Waals surface area contributed by atoms with Crippen molar-refractivity contribution in [3.63, 3.8) is 0 Å². The van der Waals surface area contributed by atoms with E-state index in [4.69, 9.17) is 32.7 Å². The van der Waals surface area contributed by atoms with Gasteiger partial charge in [-0.3, -0.25) is 20.4 Å². The average molecular weight is 395 g/mol. The Labute approximate surface area is 160 Å². The van der Waals surface area contributed by atoms with Crippen molar-refractivity contribution in [2.24, 2.45) is 0 Å². The predicted octanol–water partition coefficient (Wildman–Crippen LogP) is 3.49. The van der Waals surface area contributed by atoms with Crippen molar-refractivity contribution in [2.75, 3.05) is 14.2 Å². The zero-order chi connectivity index (χ0) is 19.1. The first kappa shape index (κ1) is 19.6. The molecule has 0 heterocycles. The second-order valence-corrected chi connectivity index (χ2v) is 5.81. The van der Waals surface area contributed by atoms with Crippen LogP contribution in [-0.2, 0) is 4.79 Å². The van der Waals surface area contributed by atoms with Crippen molar-refractivity contribution in [1.82, 2.24) is 10.9 Å². The van der Waals surface area contributed by atoms with Gasteiger partial charge in [-0.15, -0.1) is 0 Å². The number of benzene rings is 2. The number of carbonyl (C=O) groups excluding carboxylic acids is 2. The van der Waals surface area contributed by atoms with Gasteiger partial charge in [0.25, 0.3) is 11.8 Å². The molecule has 26 heavy (non-hydrogen) atoms. The van der Waals surface area contributed by atoms with Crippen molar-refractivity contribution >= 4 is 41.1 Å². The summed E-state index contributed by atoms with van der Waals surface area (Å²) in [6.45, 7) is 0. The van der Waals surface area contributed by atoms with E-state index in [-0.39, 0.29) is 10.6 Å². The summed E-state index contributed by atoms with van der Waals surface area (Å²) in [5, 5.41) is 0.633. The summed E-state index contributed by atoms with van der Waals surface area (Å²) in [7, 11) is 2.97. The number of carbonyl (C=O) groups is 2. The lowest BCUT2D eigenvalue weighted by Gasteiger charge is -2.10. The van der Waals surface area contributed by atoms with E-state index in [9.17, 15) is 9.59 Å². The number of rotatable bonds is 5. The summed E-state index contributed by atoms with van der Waals surface area (Å²) in [4.78, 5) is 23.8. The summed E-state index contributed by atoms with van der Waals surface area (Å²) in [5.74, 6) is -0.210. The molecule has 0 radical (unpaired) electrons. The molecular weight excluding hydrogens is 379 g/mol. The van der Waals surface area contributed by atoms with Crippen molar-refractivity contribution in [2.45, 2.75) is 0 Å². The number of amides is 2. The summed E-state index contributed by atoms with van der Waals surface area (Å²) in [5.41, 5.74) is 5.43. The third-order valence-corrected chi connectivity index (χ3v) is 3.91. The zero-order valence-corrected chi connectivity index (χ0v) is 15.5. The number of hydrogen-bond acceptors (Lipinski definition) is 4. The summed E-state index contributed by atoms with van der Waals surface area (Å²) in [6.07, 6.45) is 2.76. The van der Waals surface area contributed by atoms with E-state index < -0.39 is 11.8 Å². The van der Waals surface area contributed by atoms with Gasteiger partial charge in [0.15, 0.2) is 11.5 Å². The molecule has 2 rings (SSSR count). The van der Waals surface area contributed by atoms with Crippen LogP contribution >= 0.6 is 23.2 Å². The van der Waals surface area contributed by atoms with E-state index in [2.05, 4.69) is 10.9 Å². The van der Waals surface area contributed by atoms with Crippen LogP contribution in [0.15, 0.2) is 42.5 Å². The molecule has 136 valence electrons. The Hall–Kier alpha value is -2.70. The lowest BCUT2D eigenvalue weighted by atomic mass is 10.2. The van der Waals surface area contributed by atoms with Crippen LogP contribution in [0.4, 0.5) is 0 Å². The van der Waals surface area contributed by atoms with Gasteiger partial charge in [-0.2, -0.15) is 0 Å². The maximum absolute atomic E-state index is 12.0. The van der Waals surface area contributed by atoms with Crippen molar-refractivity contribution < 1.29 is 19.1 Å². The van der Waals surface area contributed by atoms with Gasteiger partial charge in [-0.25, -0.2) is 0 Å². The van der Waals surface area contributed by atoms with E-state index in [1.54, 1.807) is 36.4 Å². The molecule has 0 aliphatic rings. The topological polar surface area (TPSA) is 76.7 Å². The first-order valence-electron chi connectivity index (χ1n) is 7.40. The second kappa shape index (κ2) is 9.12. The molecule has 0 saturated carbocycles. The quantitative estimate of drug-likeness (QED) is 0.600. The van der Waals surface area contributed by atoms with Crippen LogP contribution in [0.5, 0.6) is 11.5 Å². The second-order valence-electron chi connectivity index (χ2n) is 4.99. The minimum atomic E-state index is -0.531. The fourth-order valence-corrected chi connectivity index (χ4v) is 2.60. The molecule has 0 bridgehead atoms. The zero-order valence-electron chi connectivity index (χ0n) is 14.0. The van der Waals surface area contributed by atoms with Gasteiger partial charge in [0.1, 0.15) is 0 Å². The van der Waals surface area contributed by atoms with Gasteiger partial charge in [0, 0.05) is 6.08 Å². The maximum atomic E-state index is 12.0. The van der Waals surface area contributed by atoms with Crippen LogP contribution in [-0.4, -0.2) is 26.0 Å². The first-order chi connectivity index (χ1) is 12.5. The van der Waals surface area contributed by atoms with Crippen LogP contribution in [0.3, 0.4) is 0 Å². The minimum Gasteiger partial charge on any atom is -0.493 e. The Morgan fingerprint density at radius 3 is 2.38 bits per heavy atom. The normalized spacial score (nSPS) is 10.5. The van der Waals surface area contributed by atoms with Crippen LogP contribution < -0.4 is 20.3 Å². The predicted molar refractivity (Wildman–Crippen MR) is 101 cm³/mol. The fraction of sp³-hybridized carbons (Fsp3) is 0.111. The molecular formula is C18H16Cl2N2O4. The molecule has 2 aromatic rings. The van der Waals surface area contributed by atoms with E-state index in [0.717, 1.165) is 0 Å². The Morgan fingerprint density at radius 2 is 1.73 bits per heavy atom. The van der Waals surface area contributed by atoms with E-state index in [1.807, 2.05) is 0 Å². The number of hydrazine groups is 1. The Kier molecular flexibility index (Phi) is 6.89. The number of halogens is 2. The molecule has 2 N–H and O–H groups in total. The Morgan fingerprint density at radius 1 is 1.00 bits per heavy atom. The number of nitrogens with one attached hydrogen (secondary N) is 2. The molecule has 6 nitrogen and oxygen atoms in total. The minimum absolute atomic E-state index is 0.255. The molecule has 0 aliphatic carbocycles. The van der Waals surface area contributed by atoms with E-state index in [0.29, 0.717) is 22.1 Å². The molecule has 0 atom stereocenters. The standard InChI is InChI=1S/C18H16Cl2N2O4/c1-25-15-10-11(9-14(20)17(15)26-2)7-8-16(23)21-22-18(24)12-5-3-4-6-13(12)19/h3-10H,1-2H3,(H,21,23)(H,22,24)/b8-7+. The van der Waals surface area contributed by atoms with Gasteiger partial charge in [0.2, 0.25) is 0 Å². The number of ether oxygens (including phenoxy) is 2. The SMILES string of the molecule is COc1cc(/C=C/C(=O)NNC(=O)c2ccccc2Cl)cc(Cl)c1OC. The van der Waals surface area contributed by atoms with Crippen molar-refractivity contribution in [1.29, 1.82) is 0 Å². The third-order valence-electron chi connectivity index (χ3n) is 3.30. The van der Waals surface area contributed by atoms with Gasteiger partial charge in [-0.1, -0.05) is 35.3 Å². The van der Waals surface area contributed by atoms with Crippen LogP contribution in [0.2, 0.25) is 10.0 Å². The van der Waals surface area contributed by atoms with Gasteiger partial charge >= 0.3 is 0 Å². The van der Waals surface area contributed by atoms with Crippen LogP contribution in [0, 0.1) is 0 Å². The molecule has 0 spiro atoms. The largest absolute Gasteiger partial charge is 0.493 e. The molecule has 0 unspecified atom stereocenters. The number of methoxy groups -OCH3 is 2. The molecule has 0 aliphatic heterocycles. The van der Waals surface area contributed by atoms with Crippen LogP contribution in [0.25, 0.3) is 6.08 Å². The highest BCUT2D eigenvalue weighted by Gasteiger charge is 2.11. The lowest BCUT2D eigenvalue weighted by Crippen LogP contribution is -2.40. The highest BCUT2D eigenvalue weighted by atomic mass is 35.5. The highest BCUT2D eigenvalue weighted by molar-refractivity contribution is 6.33. The third kappa shape index (κ3) is 4.91. The Bertz CT molecular complexity index is 853. The van der Waals surface area contributed by atoms with Gasteiger partial charge < -0.3 is 9.47 Å². The van der Waals surface area contributed by atoms with Crippen molar-refractivity contribution in [3.05, 3.63) is 63.6 Å². The fourth-order valence-electron chi connectivity index (χ4n) is 2.08. The smallest absolute Gasteiger partial charge is 0.271 e. The van der Waals surface area contributed by atoms with Gasteiger partial charge in [-0.05, 0) is 35.9 Å². The first-order valence-corrected chi connectivity index (χ1v) is 8.16. The van der Waals surface area contributed by atoms with E-state index >= 15 is 0 Å². The molecule has 0 saturated heterocycles. The molecule has 2 amide bonds. The summed E-state index contributed by atoms with van der Waals surface area (Å²) in [6, 6.07) is 9.79. The Balaban J connectivity index is 2.00. The maximum Gasteiger partial charge on any atom is 0.271 e. The monoisotopic (exact) mass is 394 g/mol. The van der Waals surface area contributed by atoms with Crippen molar-refractivity contribution in [3.8, 4) is 11.5 Å². The summed E-state index contributed by atoms with van der Waals surface area (Å²) < 4.78 is 10.3.